The molecule has 0 aromatic heterocycles. The molecule has 1 saturated heterocycles. The third kappa shape index (κ3) is 11.6. The molecule has 1 aliphatic rings. The molecule has 51 heavy (non-hydrogen) atoms. The van der Waals surface area contributed by atoms with E-state index in [1.54, 1.807) is 61.5 Å². The summed E-state index contributed by atoms with van der Waals surface area (Å²) in [6.45, 7) is 16.4. The molecule has 2 unspecified atom stereocenters. The molecule has 10 heteroatoms. The average molecular weight is 703 g/mol. The molecule has 10 nitrogen and oxygen atoms in total. The minimum Gasteiger partial charge on any atom is -0.467 e. The van der Waals surface area contributed by atoms with Crippen LogP contribution in [0.5, 0.6) is 0 Å². The van der Waals surface area contributed by atoms with Crippen LogP contribution in [-0.2, 0) is 30.3 Å². The standard InChI is InChI=1S/C41H58N4O6/c1-10-28(5)45-23-15-14-18-34(45)38(48)44-36(41(6,7)8)39(49)42-32(26(2)3)24-27(4)37(47)43-33(40(50)51-9)25-29-19-21-31(22-20-29)35(46)30-16-12-11-13-17-30/h11-13,16-17,19-22,24,26,28,32-34,36H,10,14-15,18,23,25H2,1-9H3,(H,42,49)(H,43,47)(H,44,48)/t28?,32-,33+,34?,36-/m1/s1. The molecule has 1 aliphatic heterocycles. The number of amides is 3. The van der Waals surface area contributed by atoms with Crippen LogP contribution in [-0.4, -0.2) is 78.2 Å². The van der Waals surface area contributed by atoms with Crippen molar-refractivity contribution in [3.63, 3.8) is 0 Å². The Bertz CT molecular complexity index is 1530. The highest BCUT2D eigenvalue weighted by Crippen LogP contribution is 2.24. The third-order valence-corrected chi connectivity index (χ3v) is 9.72. The quantitative estimate of drug-likeness (QED) is 0.129. The minimum absolute atomic E-state index is 0.0826. The summed E-state index contributed by atoms with van der Waals surface area (Å²) in [6, 6.07) is 13.6. The number of nitrogens with zero attached hydrogens (tertiary/aromatic N) is 1. The Morgan fingerprint density at radius 3 is 2.10 bits per heavy atom. The van der Waals surface area contributed by atoms with Crippen LogP contribution in [0, 0.1) is 11.3 Å². The van der Waals surface area contributed by atoms with Gasteiger partial charge in [0.2, 0.25) is 17.7 Å². The van der Waals surface area contributed by atoms with Crippen LogP contribution < -0.4 is 16.0 Å². The predicted molar refractivity (Wildman–Crippen MR) is 200 cm³/mol. The molecule has 0 spiro atoms. The van der Waals surface area contributed by atoms with Gasteiger partial charge in [-0.2, -0.15) is 0 Å². The van der Waals surface area contributed by atoms with E-state index in [1.165, 1.54) is 7.11 Å². The molecular weight excluding hydrogens is 644 g/mol. The van der Waals surface area contributed by atoms with Gasteiger partial charge in [0.05, 0.1) is 19.2 Å². The molecule has 0 aliphatic carbocycles. The molecule has 3 amide bonds. The summed E-state index contributed by atoms with van der Waals surface area (Å²) in [6.07, 6.45) is 5.55. The SMILES string of the molecule is CCC(C)N1CCCCC1C(=O)N[C@H](C(=O)N[C@H](C=C(C)C(=O)N[C@@H](Cc1ccc(C(=O)c2ccccc2)cc1)C(=O)OC)C(C)C)C(C)(C)C. The molecule has 3 rings (SSSR count). The lowest BCUT2D eigenvalue weighted by Gasteiger charge is -2.40. The fraction of sp³-hybridized carbons (Fsp3) is 0.537. The Morgan fingerprint density at radius 1 is 0.902 bits per heavy atom. The molecule has 2 aromatic carbocycles. The Balaban J connectivity index is 1.72. The van der Waals surface area contributed by atoms with Crippen molar-refractivity contribution < 1.29 is 28.7 Å². The van der Waals surface area contributed by atoms with E-state index >= 15 is 0 Å². The van der Waals surface area contributed by atoms with Gasteiger partial charge in [0, 0.05) is 29.2 Å². The fourth-order valence-corrected chi connectivity index (χ4v) is 6.30. The number of benzene rings is 2. The Kier molecular flexibility index (Phi) is 15.1. The number of rotatable bonds is 15. The summed E-state index contributed by atoms with van der Waals surface area (Å²) in [5, 5.41) is 8.93. The molecule has 2 aromatic rings. The van der Waals surface area contributed by atoms with Crippen molar-refractivity contribution in [3.05, 3.63) is 82.9 Å². The highest BCUT2D eigenvalue weighted by Gasteiger charge is 2.38. The maximum Gasteiger partial charge on any atom is 0.328 e. The normalized spacial score (nSPS) is 17.8. The number of ether oxygens (including phenoxy) is 1. The lowest BCUT2D eigenvalue weighted by molar-refractivity contribution is -0.144. The van der Waals surface area contributed by atoms with Crippen molar-refractivity contribution >= 4 is 29.5 Å². The van der Waals surface area contributed by atoms with Gasteiger partial charge in [0.15, 0.2) is 5.78 Å². The summed E-state index contributed by atoms with van der Waals surface area (Å²) >= 11 is 0. The van der Waals surface area contributed by atoms with Crippen LogP contribution in [0.2, 0.25) is 0 Å². The summed E-state index contributed by atoms with van der Waals surface area (Å²) in [5.74, 6) is -1.75. The molecule has 5 atom stereocenters. The topological polar surface area (TPSA) is 134 Å². The molecule has 0 radical (unpaired) electrons. The van der Waals surface area contributed by atoms with Crippen molar-refractivity contribution in [3.8, 4) is 0 Å². The molecule has 1 heterocycles. The maximum atomic E-state index is 13.9. The number of carbonyl (C=O) groups excluding carboxylic acids is 5. The second kappa shape index (κ2) is 18.8. The van der Waals surface area contributed by atoms with Crippen molar-refractivity contribution in [2.75, 3.05) is 13.7 Å². The fourth-order valence-electron chi connectivity index (χ4n) is 6.30. The van der Waals surface area contributed by atoms with Crippen molar-refractivity contribution in [1.29, 1.82) is 0 Å². The number of likely N-dealkylation sites (tertiary alicyclic amines) is 1. The van der Waals surface area contributed by atoms with Gasteiger partial charge in [0.1, 0.15) is 12.1 Å². The number of ketones is 1. The summed E-state index contributed by atoms with van der Waals surface area (Å²) in [7, 11) is 1.26. The Morgan fingerprint density at radius 2 is 1.53 bits per heavy atom. The molecule has 0 saturated carbocycles. The van der Waals surface area contributed by atoms with E-state index in [0.29, 0.717) is 16.7 Å². The van der Waals surface area contributed by atoms with Gasteiger partial charge in [-0.05, 0) is 56.6 Å². The van der Waals surface area contributed by atoms with Gasteiger partial charge in [-0.1, -0.05) is 109 Å². The zero-order valence-electron chi connectivity index (χ0n) is 31.9. The molecule has 3 N–H and O–H groups in total. The first kappa shape index (κ1) is 41.1. The summed E-state index contributed by atoms with van der Waals surface area (Å²) in [5.41, 5.74) is 1.57. The largest absolute Gasteiger partial charge is 0.467 e. The van der Waals surface area contributed by atoms with E-state index < -0.39 is 35.4 Å². The number of hydrogen-bond donors (Lipinski definition) is 3. The highest BCUT2D eigenvalue weighted by molar-refractivity contribution is 6.09. The number of carbonyl (C=O) groups is 5. The number of hydrogen-bond acceptors (Lipinski definition) is 7. The van der Waals surface area contributed by atoms with Gasteiger partial charge in [0.25, 0.3) is 0 Å². The first-order chi connectivity index (χ1) is 24.1. The van der Waals surface area contributed by atoms with Gasteiger partial charge >= 0.3 is 5.97 Å². The van der Waals surface area contributed by atoms with E-state index in [-0.39, 0.29) is 42.0 Å². The van der Waals surface area contributed by atoms with Crippen LogP contribution in [0.3, 0.4) is 0 Å². The second-order valence-electron chi connectivity index (χ2n) is 15.1. The zero-order valence-corrected chi connectivity index (χ0v) is 31.9. The van der Waals surface area contributed by atoms with E-state index in [4.69, 9.17) is 4.74 Å². The Labute approximate surface area is 304 Å². The zero-order chi connectivity index (χ0) is 37.9. The van der Waals surface area contributed by atoms with Crippen molar-refractivity contribution in [2.24, 2.45) is 11.3 Å². The summed E-state index contributed by atoms with van der Waals surface area (Å²) < 4.78 is 4.99. The molecule has 0 bridgehead atoms. The van der Waals surface area contributed by atoms with Crippen LogP contribution in [0.25, 0.3) is 0 Å². The Hall–Kier alpha value is -4.31. The first-order valence-electron chi connectivity index (χ1n) is 18.2. The van der Waals surface area contributed by atoms with Crippen LogP contribution in [0.15, 0.2) is 66.2 Å². The van der Waals surface area contributed by atoms with Gasteiger partial charge in [-0.25, -0.2) is 4.79 Å². The van der Waals surface area contributed by atoms with Crippen LogP contribution in [0.1, 0.15) is 103 Å². The monoisotopic (exact) mass is 702 g/mol. The number of piperidine rings is 1. The number of methoxy groups -OCH3 is 1. The summed E-state index contributed by atoms with van der Waals surface area (Å²) in [4.78, 5) is 68.7. The predicted octanol–water partition coefficient (Wildman–Crippen LogP) is 5.39. The average Bonchev–Trinajstić information content (AvgIpc) is 3.12. The van der Waals surface area contributed by atoms with Crippen LogP contribution in [0.4, 0.5) is 0 Å². The number of nitrogens with one attached hydrogen (secondary N) is 3. The smallest absolute Gasteiger partial charge is 0.328 e. The van der Waals surface area contributed by atoms with Gasteiger partial charge in [-0.15, -0.1) is 0 Å². The lowest BCUT2D eigenvalue weighted by Crippen LogP contribution is -2.60. The van der Waals surface area contributed by atoms with Gasteiger partial charge in [-0.3, -0.25) is 24.1 Å². The third-order valence-electron chi connectivity index (χ3n) is 9.72. The first-order valence-corrected chi connectivity index (χ1v) is 18.2. The van der Waals surface area contributed by atoms with Crippen molar-refractivity contribution in [1.82, 2.24) is 20.9 Å². The van der Waals surface area contributed by atoms with E-state index in [2.05, 4.69) is 34.7 Å². The van der Waals surface area contributed by atoms with E-state index in [1.807, 2.05) is 40.7 Å². The maximum absolute atomic E-state index is 13.9. The molecular formula is C41H58N4O6. The second-order valence-corrected chi connectivity index (χ2v) is 15.1. The lowest BCUT2D eigenvalue weighted by atomic mass is 9.85. The van der Waals surface area contributed by atoms with Crippen molar-refractivity contribution in [2.45, 2.75) is 118 Å². The molecule has 1 fully saturated rings. The molecule has 278 valence electrons. The number of esters is 1. The van der Waals surface area contributed by atoms with E-state index in [0.717, 1.165) is 37.8 Å². The minimum atomic E-state index is -0.983. The van der Waals surface area contributed by atoms with Crippen LogP contribution >= 0.6 is 0 Å². The van der Waals surface area contributed by atoms with E-state index in [9.17, 15) is 24.0 Å². The highest BCUT2D eigenvalue weighted by atomic mass is 16.5. The van der Waals surface area contributed by atoms with Gasteiger partial charge < -0.3 is 20.7 Å².